The standard InChI is InChI=1S/C24H32Cl2FN5/c1-15(22-20(25)5-6-21(27)23(22)26)3-2-4-16-11-17(13-32-24(16)29)18(12-28)14-31-19-7-9-30-10-8-19/h5-6,11-13,15,18-19,28,30-31H,2-4,7-10,14H2,1H3,(H2,29,32)/t15-,18?/m0/s1. The van der Waals surface area contributed by atoms with Crippen molar-refractivity contribution >= 4 is 35.2 Å². The number of aryl methyl sites for hydroxylation is 1. The van der Waals surface area contributed by atoms with E-state index in [2.05, 4.69) is 21.7 Å². The first-order valence-electron chi connectivity index (χ1n) is 11.2. The molecule has 32 heavy (non-hydrogen) atoms. The number of halogens is 3. The zero-order chi connectivity index (χ0) is 23.1. The fourth-order valence-corrected chi connectivity index (χ4v) is 5.02. The summed E-state index contributed by atoms with van der Waals surface area (Å²) in [6, 6.07) is 5.39. The van der Waals surface area contributed by atoms with Crippen LogP contribution in [0.15, 0.2) is 24.4 Å². The monoisotopic (exact) mass is 479 g/mol. The fourth-order valence-electron chi connectivity index (χ4n) is 4.27. The van der Waals surface area contributed by atoms with Crippen molar-refractivity contribution in [1.82, 2.24) is 15.6 Å². The lowest BCUT2D eigenvalue weighted by atomic mass is 9.93. The quantitative estimate of drug-likeness (QED) is 0.274. The summed E-state index contributed by atoms with van der Waals surface area (Å²) in [5.41, 5.74) is 8.76. The molecule has 0 aliphatic carbocycles. The van der Waals surface area contributed by atoms with E-state index < -0.39 is 5.82 Å². The van der Waals surface area contributed by atoms with Crippen molar-refractivity contribution in [3.8, 4) is 0 Å². The molecule has 1 fully saturated rings. The van der Waals surface area contributed by atoms with Gasteiger partial charge in [-0.25, -0.2) is 9.37 Å². The van der Waals surface area contributed by atoms with Gasteiger partial charge >= 0.3 is 0 Å². The van der Waals surface area contributed by atoms with Crippen molar-refractivity contribution in [3.63, 3.8) is 0 Å². The predicted molar refractivity (Wildman–Crippen MR) is 132 cm³/mol. The summed E-state index contributed by atoms with van der Waals surface area (Å²) in [5, 5.41) is 15.4. The van der Waals surface area contributed by atoms with E-state index in [4.69, 9.17) is 34.3 Å². The molecule has 174 valence electrons. The van der Waals surface area contributed by atoms with Crippen LogP contribution in [0.1, 0.15) is 61.1 Å². The number of nitrogen functional groups attached to an aromatic ring is 1. The van der Waals surface area contributed by atoms with Gasteiger partial charge in [-0.3, -0.25) is 0 Å². The minimum Gasteiger partial charge on any atom is -0.383 e. The smallest absolute Gasteiger partial charge is 0.142 e. The second-order valence-electron chi connectivity index (χ2n) is 8.57. The van der Waals surface area contributed by atoms with E-state index in [1.807, 2.05) is 6.92 Å². The molecular weight excluding hydrogens is 448 g/mol. The van der Waals surface area contributed by atoms with Gasteiger partial charge in [0, 0.05) is 35.9 Å². The Balaban J connectivity index is 1.60. The van der Waals surface area contributed by atoms with Gasteiger partial charge in [0.15, 0.2) is 0 Å². The highest BCUT2D eigenvalue weighted by Gasteiger charge is 2.19. The molecule has 2 heterocycles. The van der Waals surface area contributed by atoms with Gasteiger partial charge in [0.05, 0.1) is 5.02 Å². The van der Waals surface area contributed by atoms with Gasteiger partial charge in [-0.2, -0.15) is 0 Å². The van der Waals surface area contributed by atoms with Crippen LogP contribution in [0.4, 0.5) is 10.2 Å². The van der Waals surface area contributed by atoms with Crippen molar-refractivity contribution in [3.05, 3.63) is 56.9 Å². The Labute approximate surface area is 199 Å². The van der Waals surface area contributed by atoms with Crippen LogP contribution in [0, 0.1) is 11.2 Å². The van der Waals surface area contributed by atoms with Crippen molar-refractivity contribution in [2.45, 2.75) is 56.9 Å². The highest BCUT2D eigenvalue weighted by atomic mass is 35.5. The molecule has 0 saturated carbocycles. The molecule has 1 aromatic heterocycles. The molecule has 2 atom stereocenters. The molecular formula is C24H32Cl2FN5. The van der Waals surface area contributed by atoms with E-state index in [1.165, 1.54) is 12.3 Å². The summed E-state index contributed by atoms with van der Waals surface area (Å²) < 4.78 is 13.9. The SMILES string of the molecule is C[C@@H](CCCc1cc(C(C=N)CNC2CCNCC2)cnc1N)c1c(Cl)ccc(F)c1Cl. The first-order chi connectivity index (χ1) is 15.4. The van der Waals surface area contributed by atoms with E-state index in [1.54, 1.807) is 12.3 Å². The Morgan fingerprint density at radius 3 is 2.81 bits per heavy atom. The summed E-state index contributed by atoms with van der Waals surface area (Å²) >= 11 is 12.4. The number of nitrogens with zero attached hydrogens (tertiary/aromatic N) is 1. The van der Waals surface area contributed by atoms with Crippen LogP contribution >= 0.6 is 23.2 Å². The van der Waals surface area contributed by atoms with Crippen molar-refractivity contribution in [2.75, 3.05) is 25.4 Å². The number of rotatable bonds is 10. The van der Waals surface area contributed by atoms with Gasteiger partial charge in [-0.1, -0.05) is 30.1 Å². The molecule has 1 saturated heterocycles. The molecule has 0 amide bonds. The Kier molecular flexibility index (Phi) is 9.29. The van der Waals surface area contributed by atoms with Crippen LogP contribution in [-0.4, -0.2) is 36.9 Å². The lowest BCUT2D eigenvalue weighted by molar-refractivity contribution is 0.387. The zero-order valence-corrected chi connectivity index (χ0v) is 19.9. The van der Waals surface area contributed by atoms with Crippen molar-refractivity contribution in [1.29, 1.82) is 5.41 Å². The number of nitrogens with two attached hydrogens (primary N) is 1. The summed E-state index contributed by atoms with van der Waals surface area (Å²) in [5.74, 6) is 0.0419. The van der Waals surface area contributed by atoms with Crippen LogP contribution in [0.3, 0.4) is 0 Å². The average Bonchev–Trinajstić information content (AvgIpc) is 2.79. The lowest BCUT2D eigenvalue weighted by Gasteiger charge is -2.25. The molecule has 0 radical (unpaired) electrons. The van der Waals surface area contributed by atoms with E-state index in [9.17, 15) is 4.39 Å². The van der Waals surface area contributed by atoms with E-state index in [-0.39, 0.29) is 16.9 Å². The van der Waals surface area contributed by atoms with Crippen LogP contribution in [-0.2, 0) is 6.42 Å². The number of nitrogens with one attached hydrogen (secondary N) is 3. The first-order valence-corrected chi connectivity index (χ1v) is 12.0. The van der Waals surface area contributed by atoms with Gasteiger partial charge in [0.1, 0.15) is 11.6 Å². The van der Waals surface area contributed by atoms with Gasteiger partial charge < -0.3 is 21.8 Å². The third-order valence-electron chi connectivity index (χ3n) is 6.27. The second-order valence-corrected chi connectivity index (χ2v) is 9.35. The Hall–Kier alpha value is -1.73. The number of hydrogen-bond acceptors (Lipinski definition) is 5. The highest BCUT2D eigenvalue weighted by molar-refractivity contribution is 6.36. The highest BCUT2D eigenvalue weighted by Crippen LogP contribution is 2.36. The van der Waals surface area contributed by atoms with Crippen LogP contribution in [0.2, 0.25) is 10.0 Å². The number of anilines is 1. The Bertz CT molecular complexity index is 918. The summed E-state index contributed by atoms with van der Waals surface area (Å²) in [4.78, 5) is 4.38. The topological polar surface area (TPSA) is 86.8 Å². The maximum atomic E-state index is 13.9. The maximum absolute atomic E-state index is 13.9. The number of benzene rings is 1. The van der Waals surface area contributed by atoms with Crippen molar-refractivity contribution < 1.29 is 4.39 Å². The van der Waals surface area contributed by atoms with Gasteiger partial charge in [0.25, 0.3) is 0 Å². The predicted octanol–water partition coefficient (Wildman–Crippen LogP) is 5.31. The van der Waals surface area contributed by atoms with E-state index in [0.29, 0.717) is 29.0 Å². The Morgan fingerprint density at radius 2 is 2.09 bits per heavy atom. The molecule has 1 aromatic carbocycles. The molecule has 0 spiro atoms. The number of aromatic nitrogens is 1. The second kappa shape index (κ2) is 11.9. The molecule has 8 heteroatoms. The zero-order valence-electron chi connectivity index (χ0n) is 18.4. The molecule has 0 bridgehead atoms. The van der Waals surface area contributed by atoms with Gasteiger partial charge in [0.2, 0.25) is 0 Å². The Morgan fingerprint density at radius 1 is 1.34 bits per heavy atom. The van der Waals surface area contributed by atoms with Crippen LogP contribution in [0.5, 0.6) is 0 Å². The molecule has 5 N–H and O–H groups in total. The molecule has 5 nitrogen and oxygen atoms in total. The van der Waals surface area contributed by atoms with Gasteiger partial charge in [-0.15, -0.1) is 0 Å². The molecule has 1 aliphatic rings. The van der Waals surface area contributed by atoms with E-state index in [0.717, 1.165) is 56.3 Å². The van der Waals surface area contributed by atoms with Crippen molar-refractivity contribution in [2.24, 2.45) is 0 Å². The third-order valence-corrected chi connectivity index (χ3v) is 6.99. The van der Waals surface area contributed by atoms with Crippen LogP contribution < -0.4 is 16.4 Å². The number of piperidine rings is 1. The summed E-state index contributed by atoms with van der Waals surface area (Å²) in [6.45, 7) is 4.78. The number of pyridine rings is 1. The normalized spacial score (nSPS) is 16.6. The molecule has 2 aromatic rings. The molecule has 3 rings (SSSR count). The summed E-state index contributed by atoms with van der Waals surface area (Å²) in [6.07, 6.45) is 7.82. The summed E-state index contributed by atoms with van der Waals surface area (Å²) in [7, 11) is 0. The largest absolute Gasteiger partial charge is 0.383 e. The number of hydrogen-bond donors (Lipinski definition) is 4. The maximum Gasteiger partial charge on any atom is 0.142 e. The first kappa shape index (κ1) is 24.9. The van der Waals surface area contributed by atoms with E-state index >= 15 is 0 Å². The average molecular weight is 480 g/mol. The fraction of sp³-hybridized carbons (Fsp3) is 0.500. The minimum absolute atomic E-state index is 0.0200. The van der Waals surface area contributed by atoms with Crippen LogP contribution in [0.25, 0.3) is 0 Å². The lowest BCUT2D eigenvalue weighted by Crippen LogP contribution is -2.41. The molecule has 1 aliphatic heterocycles. The minimum atomic E-state index is -0.449. The van der Waals surface area contributed by atoms with Gasteiger partial charge in [-0.05, 0) is 86.0 Å². The third kappa shape index (κ3) is 6.41. The molecule has 1 unspecified atom stereocenters.